The van der Waals surface area contributed by atoms with Gasteiger partial charge < -0.3 is 11.5 Å². The van der Waals surface area contributed by atoms with E-state index in [1.807, 2.05) is 24.3 Å². The van der Waals surface area contributed by atoms with Crippen LogP contribution in [0.1, 0.15) is 12.8 Å². The van der Waals surface area contributed by atoms with E-state index < -0.39 is 11.4 Å². The van der Waals surface area contributed by atoms with Crippen molar-refractivity contribution in [1.82, 2.24) is 0 Å². The molecule has 3 nitrogen and oxygen atoms in total. The van der Waals surface area contributed by atoms with Gasteiger partial charge in [-0.2, -0.15) is 0 Å². The molecule has 1 amide bonds. The molecule has 1 fully saturated rings. The molecule has 1 aromatic rings. The molecule has 4 N–H and O–H groups in total. The van der Waals surface area contributed by atoms with Crippen LogP contribution in [0.4, 0.5) is 0 Å². The summed E-state index contributed by atoms with van der Waals surface area (Å²) in [5.41, 5.74) is 10.6. The summed E-state index contributed by atoms with van der Waals surface area (Å²) in [6.07, 6.45) is 1.98. The molecule has 1 aromatic carbocycles. The molecular weight excluding hydrogens is 256 g/mol. The molecule has 1 atom stereocenters. The number of carbonyl (C=O) groups excluding carboxylic acids is 1. The number of hydrogen-bond donors (Lipinski definition) is 2. The topological polar surface area (TPSA) is 69.1 Å². The molecule has 0 aromatic heterocycles. The molecule has 0 saturated heterocycles. The Labute approximate surface area is 110 Å². The summed E-state index contributed by atoms with van der Waals surface area (Å²) in [5, 5.41) is 0.681. The van der Waals surface area contributed by atoms with Gasteiger partial charge >= 0.3 is 0 Å². The van der Waals surface area contributed by atoms with Crippen LogP contribution in [0.2, 0.25) is 5.02 Å². The number of benzene rings is 1. The molecule has 17 heavy (non-hydrogen) atoms. The van der Waals surface area contributed by atoms with Gasteiger partial charge in [0.05, 0.1) is 5.02 Å². The molecule has 1 aliphatic rings. The maximum absolute atomic E-state index is 11.5. The third-order valence-corrected chi connectivity index (χ3v) is 4.80. The minimum absolute atomic E-state index is 0.231. The van der Waals surface area contributed by atoms with E-state index >= 15 is 0 Å². The molecule has 5 heteroatoms. The highest BCUT2D eigenvalue weighted by molar-refractivity contribution is 7.99. The molecule has 0 aliphatic heterocycles. The molecular formula is C12H15ClN2OS. The summed E-state index contributed by atoms with van der Waals surface area (Å²) < 4.78 is 0. The Morgan fingerprint density at radius 3 is 2.65 bits per heavy atom. The highest BCUT2D eigenvalue weighted by atomic mass is 35.5. The fraction of sp³-hybridized carbons (Fsp3) is 0.417. The van der Waals surface area contributed by atoms with Crippen LogP contribution >= 0.6 is 23.4 Å². The largest absolute Gasteiger partial charge is 0.368 e. The van der Waals surface area contributed by atoms with Crippen molar-refractivity contribution in [3.63, 3.8) is 0 Å². The van der Waals surface area contributed by atoms with E-state index in [4.69, 9.17) is 23.1 Å². The Balaban J connectivity index is 2.06. The number of nitrogens with two attached hydrogens (primary N) is 2. The van der Waals surface area contributed by atoms with E-state index in [-0.39, 0.29) is 5.92 Å². The molecule has 1 unspecified atom stereocenters. The summed E-state index contributed by atoms with van der Waals surface area (Å²) in [7, 11) is 0. The smallest absolute Gasteiger partial charge is 0.238 e. The number of amides is 1. The van der Waals surface area contributed by atoms with Gasteiger partial charge in [-0.15, -0.1) is 11.8 Å². The van der Waals surface area contributed by atoms with Gasteiger partial charge in [0.25, 0.3) is 0 Å². The van der Waals surface area contributed by atoms with Crippen molar-refractivity contribution >= 4 is 29.3 Å². The predicted octanol–water partition coefficient (Wildman–Crippen LogP) is 2.02. The van der Waals surface area contributed by atoms with E-state index in [0.717, 1.165) is 17.7 Å². The Bertz CT molecular complexity index is 436. The van der Waals surface area contributed by atoms with E-state index in [1.54, 1.807) is 0 Å². The van der Waals surface area contributed by atoms with Crippen molar-refractivity contribution in [3.05, 3.63) is 29.3 Å². The average Bonchev–Trinajstić information content (AvgIpc) is 3.11. The number of hydrogen-bond acceptors (Lipinski definition) is 3. The highest BCUT2D eigenvalue weighted by Crippen LogP contribution is 2.41. The lowest BCUT2D eigenvalue weighted by molar-refractivity contribution is -0.123. The van der Waals surface area contributed by atoms with E-state index in [0.29, 0.717) is 10.8 Å². The lowest BCUT2D eigenvalue weighted by Gasteiger charge is -2.25. The summed E-state index contributed by atoms with van der Waals surface area (Å²) in [4.78, 5) is 12.4. The maximum atomic E-state index is 11.5. The molecule has 2 rings (SSSR count). The third kappa shape index (κ3) is 2.76. The van der Waals surface area contributed by atoms with Gasteiger partial charge in [0, 0.05) is 10.6 Å². The first-order valence-electron chi connectivity index (χ1n) is 5.50. The normalized spacial score (nSPS) is 18.7. The zero-order valence-corrected chi connectivity index (χ0v) is 10.9. The van der Waals surface area contributed by atoms with Crippen LogP contribution < -0.4 is 11.5 Å². The molecule has 1 aliphatic carbocycles. The van der Waals surface area contributed by atoms with Gasteiger partial charge in [-0.1, -0.05) is 23.7 Å². The van der Waals surface area contributed by atoms with Gasteiger partial charge in [-0.25, -0.2) is 0 Å². The van der Waals surface area contributed by atoms with Crippen LogP contribution in [0.25, 0.3) is 0 Å². The minimum Gasteiger partial charge on any atom is -0.368 e. The first-order valence-corrected chi connectivity index (χ1v) is 6.86. The van der Waals surface area contributed by atoms with E-state index in [1.165, 1.54) is 11.8 Å². The van der Waals surface area contributed by atoms with Crippen molar-refractivity contribution < 1.29 is 4.79 Å². The second-order valence-electron chi connectivity index (χ2n) is 4.40. The van der Waals surface area contributed by atoms with Crippen molar-refractivity contribution in [2.75, 3.05) is 5.75 Å². The van der Waals surface area contributed by atoms with Crippen LogP contribution in [0, 0.1) is 5.92 Å². The fourth-order valence-electron chi connectivity index (χ4n) is 1.75. The first-order chi connectivity index (χ1) is 8.04. The summed E-state index contributed by atoms with van der Waals surface area (Å²) in [6, 6.07) is 7.52. The zero-order valence-electron chi connectivity index (χ0n) is 9.36. The van der Waals surface area contributed by atoms with Crippen molar-refractivity contribution in [3.8, 4) is 0 Å². The SMILES string of the molecule is NC(=O)C(N)(CSc1ccccc1Cl)C1CC1. The van der Waals surface area contributed by atoms with Crippen LogP contribution in [0.3, 0.4) is 0 Å². The van der Waals surface area contributed by atoms with Crippen molar-refractivity contribution in [2.45, 2.75) is 23.3 Å². The molecule has 0 radical (unpaired) electrons. The Kier molecular flexibility index (Phi) is 3.66. The minimum atomic E-state index is -0.899. The van der Waals surface area contributed by atoms with Crippen LogP contribution in [0.5, 0.6) is 0 Å². The lowest BCUT2D eigenvalue weighted by atomic mass is 9.96. The molecule has 0 bridgehead atoms. The number of rotatable bonds is 5. The molecule has 92 valence electrons. The second-order valence-corrected chi connectivity index (χ2v) is 5.82. The lowest BCUT2D eigenvalue weighted by Crippen LogP contribution is -2.56. The van der Waals surface area contributed by atoms with Crippen molar-refractivity contribution in [1.29, 1.82) is 0 Å². The fourth-order valence-corrected chi connectivity index (χ4v) is 3.20. The quantitative estimate of drug-likeness (QED) is 0.805. The maximum Gasteiger partial charge on any atom is 0.238 e. The van der Waals surface area contributed by atoms with Crippen LogP contribution in [0.15, 0.2) is 29.2 Å². The molecule has 0 spiro atoms. The highest BCUT2D eigenvalue weighted by Gasteiger charge is 2.46. The first kappa shape index (κ1) is 12.7. The Morgan fingerprint density at radius 1 is 1.47 bits per heavy atom. The number of primary amides is 1. The van der Waals surface area contributed by atoms with E-state index in [2.05, 4.69) is 0 Å². The monoisotopic (exact) mass is 270 g/mol. The summed E-state index contributed by atoms with van der Waals surface area (Å²) in [6.45, 7) is 0. The van der Waals surface area contributed by atoms with E-state index in [9.17, 15) is 4.79 Å². The number of carbonyl (C=O) groups is 1. The zero-order chi connectivity index (χ0) is 12.5. The number of halogens is 1. The van der Waals surface area contributed by atoms with Gasteiger partial charge in [0.15, 0.2) is 0 Å². The Morgan fingerprint density at radius 2 is 2.12 bits per heavy atom. The van der Waals surface area contributed by atoms with Gasteiger partial charge in [0.2, 0.25) is 5.91 Å². The Hall–Kier alpha value is -0.710. The van der Waals surface area contributed by atoms with Crippen LogP contribution in [-0.2, 0) is 4.79 Å². The average molecular weight is 271 g/mol. The second kappa shape index (κ2) is 4.88. The van der Waals surface area contributed by atoms with Gasteiger partial charge in [-0.05, 0) is 30.9 Å². The summed E-state index contributed by atoms with van der Waals surface area (Å²) in [5.74, 6) is 0.297. The van der Waals surface area contributed by atoms with Gasteiger partial charge in [-0.3, -0.25) is 4.79 Å². The molecule has 1 saturated carbocycles. The standard InChI is InChI=1S/C12H15ClN2OS/c13-9-3-1-2-4-10(9)17-7-12(15,11(14)16)8-5-6-8/h1-4,8H,5-7,15H2,(H2,14,16). The van der Waals surface area contributed by atoms with Crippen LogP contribution in [-0.4, -0.2) is 17.2 Å². The molecule has 0 heterocycles. The summed E-state index contributed by atoms with van der Waals surface area (Å²) >= 11 is 7.54. The predicted molar refractivity (Wildman–Crippen MR) is 71.0 cm³/mol. The third-order valence-electron chi connectivity index (χ3n) is 3.07. The van der Waals surface area contributed by atoms with Gasteiger partial charge in [0.1, 0.15) is 5.54 Å². The van der Waals surface area contributed by atoms with Crippen molar-refractivity contribution in [2.24, 2.45) is 17.4 Å². The number of thioether (sulfide) groups is 1.